The van der Waals surface area contributed by atoms with E-state index in [0.29, 0.717) is 55.6 Å². The second kappa shape index (κ2) is 12.4. The molecule has 41 heavy (non-hydrogen) atoms. The summed E-state index contributed by atoms with van der Waals surface area (Å²) in [5, 5.41) is 12.4. The van der Waals surface area contributed by atoms with Gasteiger partial charge in [0, 0.05) is 26.2 Å². The maximum atomic E-state index is 13.0. The van der Waals surface area contributed by atoms with Crippen LogP contribution in [0.15, 0.2) is 30.5 Å². The molecule has 4 rings (SSSR count). The largest absolute Gasteiger partial charge is 0.596 e. The summed E-state index contributed by atoms with van der Waals surface area (Å²) in [5.41, 5.74) is 2.90. The molecule has 1 fully saturated rings. The molecule has 1 atom stereocenters. The number of benzene rings is 1. The molecule has 10 heteroatoms. The average molecular weight is 566 g/mol. The summed E-state index contributed by atoms with van der Waals surface area (Å²) in [7, 11) is 0. The highest BCUT2D eigenvalue weighted by Crippen LogP contribution is 2.40. The molecule has 2 aliphatic rings. The Hall–Kier alpha value is -3.79. The van der Waals surface area contributed by atoms with Crippen molar-refractivity contribution in [2.45, 2.75) is 72.0 Å². The first kappa shape index (κ1) is 30.2. The second-order valence-corrected chi connectivity index (χ2v) is 11.8. The minimum Gasteiger partial charge on any atom is -0.482 e. The minimum atomic E-state index is -1.11. The van der Waals surface area contributed by atoms with Crippen LogP contribution in [-0.4, -0.2) is 81.6 Å². The van der Waals surface area contributed by atoms with Crippen molar-refractivity contribution in [1.29, 1.82) is 0 Å². The van der Waals surface area contributed by atoms with Crippen molar-refractivity contribution in [3.63, 3.8) is 0 Å². The van der Waals surface area contributed by atoms with Crippen LogP contribution >= 0.6 is 0 Å². The van der Waals surface area contributed by atoms with E-state index in [1.807, 2.05) is 40.0 Å². The number of amides is 2. The van der Waals surface area contributed by atoms with Crippen molar-refractivity contribution in [1.82, 2.24) is 15.2 Å². The number of aromatic carboxylic acids is 1. The monoisotopic (exact) mass is 565 g/mol. The Morgan fingerprint density at radius 3 is 2.46 bits per heavy atom. The van der Waals surface area contributed by atoms with Crippen molar-refractivity contribution in [3.8, 4) is 5.75 Å². The fraction of sp³-hybridized carbons (Fsp3) is 0.516. The number of nitrogens with zero attached hydrogens (tertiary/aromatic N) is 3. The highest BCUT2D eigenvalue weighted by Gasteiger charge is 2.34. The van der Waals surface area contributed by atoms with Crippen molar-refractivity contribution < 1.29 is 33.5 Å². The summed E-state index contributed by atoms with van der Waals surface area (Å²) in [6, 6.07) is 7.03. The summed E-state index contributed by atoms with van der Waals surface area (Å²) >= 11 is 0. The van der Waals surface area contributed by atoms with Gasteiger partial charge in [0.2, 0.25) is 0 Å². The molecule has 2 N–H and O–H groups in total. The summed E-state index contributed by atoms with van der Waals surface area (Å²) in [5.74, 6) is -0.660. The van der Waals surface area contributed by atoms with Gasteiger partial charge in [-0.05, 0) is 82.7 Å². The van der Waals surface area contributed by atoms with Crippen LogP contribution in [0.25, 0.3) is 0 Å². The average Bonchev–Trinajstić information content (AvgIpc) is 3.73. The number of nitrogens with one attached hydrogen (secondary N) is 1. The number of aromatic nitrogens is 1. The van der Waals surface area contributed by atoms with Crippen LogP contribution in [0.5, 0.6) is 5.75 Å². The second-order valence-electron chi connectivity index (χ2n) is 11.8. The SMILES string of the molecule is CCNC(=O)c1cc(C(=O)O)c(C)cc1O[C@H](CN1CC[N+](C(=O)OC(C)(C)C)=C(C)C1)c1ccc(C2CC2)cn1. The third-order valence-corrected chi connectivity index (χ3v) is 7.19. The van der Waals surface area contributed by atoms with Crippen LogP contribution in [-0.2, 0) is 4.74 Å². The number of carboxylic acids is 1. The lowest BCUT2D eigenvalue weighted by atomic mass is 10.0. The maximum absolute atomic E-state index is 13.0. The highest BCUT2D eigenvalue weighted by atomic mass is 16.6. The number of hydrogen-bond acceptors (Lipinski definition) is 7. The van der Waals surface area contributed by atoms with Crippen LogP contribution < -0.4 is 10.1 Å². The summed E-state index contributed by atoms with van der Waals surface area (Å²) in [4.78, 5) is 44.4. The lowest BCUT2D eigenvalue weighted by Gasteiger charge is -2.30. The molecule has 0 spiro atoms. The van der Waals surface area contributed by atoms with Crippen molar-refractivity contribution >= 4 is 23.7 Å². The Labute approximate surface area is 241 Å². The number of carboxylic acid groups (broad SMARTS) is 1. The number of carbonyl (C=O) groups is 3. The fourth-order valence-corrected chi connectivity index (χ4v) is 4.93. The number of hydrogen-bond donors (Lipinski definition) is 2. The lowest BCUT2D eigenvalue weighted by molar-refractivity contribution is -0.458. The van der Waals surface area contributed by atoms with E-state index in [4.69, 9.17) is 14.5 Å². The van der Waals surface area contributed by atoms with Crippen LogP contribution in [0.3, 0.4) is 0 Å². The van der Waals surface area contributed by atoms with Crippen molar-refractivity contribution in [2.24, 2.45) is 0 Å². The molecular formula is C31H41N4O6+. The van der Waals surface area contributed by atoms with Gasteiger partial charge < -0.3 is 19.9 Å². The summed E-state index contributed by atoms with van der Waals surface area (Å²) < 4.78 is 13.8. The molecule has 2 heterocycles. The van der Waals surface area contributed by atoms with Crippen LogP contribution in [0.4, 0.5) is 4.79 Å². The van der Waals surface area contributed by atoms with Gasteiger partial charge in [-0.2, -0.15) is 4.79 Å². The number of ether oxygens (including phenoxy) is 2. The predicted octanol–water partition coefficient (Wildman–Crippen LogP) is 4.56. The van der Waals surface area contributed by atoms with Crippen LogP contribution in [0.2, 0.25) is 0 Å². The first-order chi connectivity index (χ1) is 19.4. The Morgan fingerprint density at radius 1 is 1.17 bits per heavy atom. The minimum absolute atomic E-state index is 0.0468. The zero-order valence-electron chi connectivity index (χ0n) is 24.8. The van der Waals surface area contributed by atoms with Gasteiger partial charge in [0.25, 0.3) is 5.91 Å². The Morgan fingerprint density at radius 2 is 1.90 bits per heavy atom. The standard InChI is InChI=1S/C31H40N4O6/c1-7-32-28(36)24-15-23(29(37)38)19(2)14-26(24)40-27(25-11-10-22(16-33-25)21-8-9-21)18-34-12-13-35(20(3)17-34)30(39)41-31(4,5)6/h10-11,14-16,21,27H,7-9,12-13,17-18H2,1-6H3,(H-,32,36,37,38)/p+1/t27-/m1/s1. The molecule has 220 valence electrons. The van der Waals surface area contributed by atoms with Gasteiger partial charge in [0.05, 0.1) is 29.9 Å². The molecule has 1 aromatic heterocycles. The Balaban J connectivity index is 1.64. The van der Waals surface area contributed by atoms with E-state index in [-0.39, 0.29) is 17.2 Å². The summed E-state index contributed by atoms with van der Waals surface area (Å²) in [6.45, 7) is 13.4. The van der Waals surface area contributed by atoms with Gasteiger partial charge in [0.1, 0.15) is 11.4 Å². The van der Waals surface area contributed by atoms with Gasteiger partial charge in [-0.1, -0.05) is 6.07 Å². The van der Waals surface area contributed by atoms with E-state index in [0.717, 1.165) is 5.71 Å². The zero-order chi connectivity index (χ0) is 29.9. The predicted molar refractivity (Wildman–Crippen MR) is 154 cm³/mol. The molecule has 1 aliphatic carbocycles. The first-order valence-electron chi connectivity index (χ1n) is 14.2. The topological polar surface area (TPSA) is 121 Å². The quantitative estimate of drug-likeness (QED) is 0.425. The highest BCUT2D eigenvalue weighted by molar-refractivity contribution is 6.00. The number of carbonyl (C=O) groups excluding carboxylic acids is 2. The summed E-state index contributed by atoms with van der Waals surface area (Å²) in [6.07, 6.45) is 3.32. The molecule has 0 saturated heterocycles. The molecule has 10 nitrogen and oxygen atoms in total. The molecule has 1 aliphatic heterocycles. The molecular weight excluding hydrogens is 524 g/mol. The van der Waals surface area contributed by atoms with E-state index < -0.39 is 23.6 Å². The molecule has 2 aromatic rings. The number of aryl methyl sites for hydroxylation is 1. The van der Waals surface area contributed by atoms with E-state index >= 15 is 0 Å². The van der Waals surface area contributed by atoms with Gasteiger partial charge in [-0.25, -0.2) is 4.79 Å². The molecule has 2 amide bonds. The Bertz CT molecular complexity index is 1340. The first-order valence-corrected chi connectivity index (χ1v) is 14.2. The zero-order valence-corrected chi connectivity index (χ0v) is 24.8. The number of rotatable bonds is 9. The third-order valence-electron chi connectivity index (χ3n) is 7.19. The fourth-order valence-electron chi connectivity index (χ4n) is 4.93. The Kier molecular flexibility index (Phi) is 9.11. The van der Waals surface area contributed by atoms with Crippen molar-refractivity contribution in [3.05, 3.63) is 58.4 Å². The van der Waals surface area contributed by atoms with Gasteiger partial charge in [0.15, 0.2) is 18.4 Å². The van der Waals surface area contributed by atoms with E-state index in [2.05, 4.69) is 16.3 Å². The number of pyridine rings is 1. The molecule has 0 radical (unpaired) electrons. The maximum Gasteiger partial charge on any atom is 0.596 e. The van der Waals surface area contributed by atoms with Gasteiger partial charge in [-0.3, -0.25) is 14.7 Å². The van der Waals surface area contributed by atoms with Gasteiger partial charge in [-0.15, -0.1) is 4.58 Å². The van der Waals surface area contributed by atoms with Gasteiger partial charge >= 0.3 is 12.1 Å². The van der Waals surface area contributed by atoms with Crippen molar-refractivity contribution in [2.75, 3.05) is 32.7 Å². The van der Waals surface area contributed by atoms with Crippen LogP contribution in [0.1, 0.15) is 97.0 Å². The van der Waals surface area contributed by atoms with E-state index in [9.17, 15) is 19.5 Å². The normalized spacial score (nSPS) is 16.7. The van der Waals surface area contributed by atoms with E-state index in [1.165, 1.54) is 24.5 Å². The molecule has 0 bridgehead atoms. The molecule has 1 saturated carbocycles. The molecule has 0 unspecified atom stereocenters. The van der Waals surface area contributed by atoms with Crippen LogP contribution in [0, 0.1) is 6.92 Å². The third kappa shape index (κ3) is 7.70. The lowest BCUT2D eigenvalue weighted by Crippen LogP contribution is -2.48. The molecule has 1 aromatic carbocycles. The van der Waals surface area contributed by atoms with E-state index in [1.54, 1.807) is 24.5 Å². The smallest absolute Gasteiger partial charge is 0.482 e.